The smallest absolute Gasteiger partial charge is 0.227 e. The number of piperidine rings is 1. The molecule has 1 aromatic carbocycles. The van der Waals surface area contributed by atoms with Gasteiger partial charge in [0.25, 0.3) is 0 Å². The molecule has 2 rings (SSSR count). The maximum absolute atomic E-state index is 12.4. The van der Waals surface area contributed by atoms with Crippen LogP contribution in [0, 0.1) is 5.92 Å². The molecule has 1 aromatic rings. The van der Waals surface area contributed by atoms with Crippen LogP contribution in [0.15, 0.2) is 18.2 Å². The molecule has 0 spiro atoms. The van der Waals surface area contributed by atoms with E-state index in [1.54, 1.807) is 18.2 Å². The van der Waals surface area contributed by atoms with Crippen molar-refractivity contribution in [2.24, 2.45) is 5.92 Å². The van der Waals surface area contributed by atoms with Crippen molar-refractivity contribution in [2.45, 2.75) is 39.0 Å². The van der Waals surface area contributed by atoms with Crippen molar-refractivity contribution in [3.8, 4) is 0 Å². The Kier molecular flexibility index (Phi) is 6.72. The summed E-state index contributed by atoms with van der Waals surface area (Å²) in [6, 6.07) is 5.16. The Labute approximate surface area is 147 Å². The van der Waals surface area contributed by atoms with E-state index in [0.29, 0.717) is 48.1 Å². The zero-order valence-corrected chi connectivity index (χ0v) is 14.8. The summed E-state index contributed by atoms with van der Waals surface area (Å²) in [6.45, 7) is 3.36. The average Bonchev–Trinajstić information content (AvgIpc) is 2.57. The van der Waals surface area contributed by atoms with Crippen LogP contribution >= 0.6 is 23.2 Å². The number of anilines is 1. The monoisotopic (exact) mass is 356 g/mol. The predicted molar refractivity (Wildman–Crippen MR) is 93.9 cm³/mol. The molecule has 6 heteroatoms. The minimum Gasteiger partial charge on any atom is -0.343 e. The molecule has 0 bridgehead atoms. The SMILES string of the molecule is CCCCC(=O)N1CCC(C(=O)Nc2cccc(Cl)c2Cl)CC1. The minimum absolute atomic E-state index is 0.0603. The van der Waals surface area contributed by atoms with E-state index < -0.39 is 0 Å². The molecule has 1 aliphatic rings. The van der Waals surface area contributed by atoms with E-state index in [0.717, 1.165) is 12.8 Å². The fraction of sp³-hybridized carbons (Fsp3) is 0.529. The number of carbonyl (C=O) groups excluding carboxylic acids is 2. The lowest BCUT2D eigenvalue weighted by atomic mass is 9.95. The summed E-state index contributed by atoms with van der Waals surface area (Å²) in [5.74, 6) is 0.0405. The van der Waals surface area contributed by atoms with E-state index in [1.165, 1.54) is 0 Å². The lowest BCUT2D eigenvalue weighted by molar-refractivity contribution is -0.134. The van der Waals surface area contributed by atoms with E-state index >= 15 is 0 Å². The average molecular weight is 357 g/mol. The van der Waals surface area contributed by atoms with Gasteiger partial charge in [-0.05, 0) is 31.4 Å². The molecule has 0 aliphatic carbocycles. The molecule has 1 N–H and O–H groups in total. The van der Waals surface area contributed by atoms with Gasteiger partial charge >= 0.3 is 0 Å². The first-order valence-electron chi connectivity index (χ1n) is 8.05. The highest BCUT2D eigenvalue weighted by Crippen LogP contribution is 2.30. The number of nitrogens with zero attached hydrogens (tertiary/aromatic N) is 1. The molecule has 126 valence electrons. The Morgan fingerprint density at radius 2 is 1.96 bits per heavy atom. The largest absolute Gasteiger partial charge is 0.343 e. The Morgan fingerprint density at radius 3 is 2.61 bits per heavy atom. The maximum Gasteiger partial charge on any atom is 0.227 e. The molecular weight excluding hydrogens is 335 g/mol. The second kappa shape index (κ2) is 8.55. The summed E-state index contributed by atoms with van der Waals surface area (Å²) >= 11 is 12.0. The van der Waals surface area contributed by atoms with Crippen LogP contribution < -0.4 is 5.32 Å². The van der Waals surface area contributed by atoms with Crippen LogP contribution in [0.25, 0.3) is 0 Å². The number of likely N-dealkylation sites (tertiary alicyclic amines) is 1. The molecule has 0 unspecified atom stereocenters. The fourth-order valence-electron chi connectivity index (χ4n) is 2.71. The topological polar surface area (TPSA) is 49.4 Å². The Balaban J connectivity index is 1.86. The second-order valence-corrected chi connectivity index (χ2v) is 6.63. The molecule has 1 saturated heterocycles. The van der Waals surface area contributed by atoms with Crippen molar-refractivity contribution in [2.75, 3.05) is 18.4 Å². The van der Waals surface area contributed by atoms with Gasteiger partial charge in [-0.25, -0.2) is 0 Å². The Morgan fingerprint density at radius 1 is 1.26 bits per heavy atom. The highest BCUT2D eigenvalue weighted by molar-refractivity contribution is 6.44. The number of rotatable bonds is 5. The molecule has 0 atom stereocenters. The molecule has 0 saturated carbocycles. The minimum atomic E-state index is -0.0970. The zero-order chi connectivity index (χ0) is 16.8. The summed E-state index contributed by atoms with van der Waals surface area (Å²) < 4.78 is 0. The van der Waals surface area contributed by atoms with Gasteiger partial charge in [-0.15, -0.1) is 0 Å². The molecular formula is C17H22Cl2N2O2. The Bertz CT molecular complexity index is 570. The van der Waals surface area contributed by atoms with E-state index in [2.05, 4.69) is 12.2 Å². The van der Waals surface area contributed by atoms with Crippen molar-refractivity contribution in [3.63, 3.8) is 0 Å². The van der Waals surface area contributed by atoms with Gasteiger partial charge in [-0.3, -0.25) is 9.59 Å². The van der Waals surface area contributed by atoms with Crippen molar-refractivity contribution in [1.82, 2.24) is 4.90 Å². The van der Waals surface area contributed by atoms with Gasteiger partial charge in [-0.2, -0.15) is 0 Å². The molecule has 1 heterocycles. The van der Waals surface area contributed by atoms with Crippen LogP contribution in [0.5, 0.6) is 0 Å². The van der Waals surface area contributed by atoms with Crippen molar-refractivity contribution < 1.29 is 9.59 Å². The molecule has 1 aliphatic heterocycles. The third kappa shape index (κ3) is 4.85. The van der Waals surface area contributed by atoms with Crippen LogP contribution in [0.3, 0.4) is 0 Å². The van der Waals surface area contributed by atoms with Crippen molar-refractivity contribution in [3.05, 3.63) is 28.2 Å². The lowest BCUT2D eigenvalue weighted by Gasteiger charge is -2.31. The number of carbonyl (C=O) groups is 2. The first kappa shape index (κ1) is 18.1. The third-order valence-electron chi connectivity index (χ3n) is 4.17. The van der Waals surface area contributed by atoms with Gasteiger partial charge in [0.1, 0.15) is 0 Å². The number of halogens is 2. The number of benzene rings is 1. The molecule has 0 radical (unpaired) electrons. The van der Waals surface area contributed by atoms with Crippen LogP contribution in [0.4, 0.5) is 5.69 Å². The molecule has 23 heavy (non-hydrogen) atoms. The van der Waals surface area contributed by atoms with Crippen molar-refractivity contribution in [1.29, 1.82) is 0 Å². The van der Waals surface area contributed by atoms with Gasteiger partial charge < -0.3 is 10.2 Å². The summed E-state index contributed by atoms with van der Waals surface area (Å²) in [6.07, 6.45) is 3.91. The number of amides is 2. The number of hydrogen-bond acceptors (Lipinski definition) is 2. The number of nitrogens with one attached hydrogen (secondary N) is 1. The second-order valence-electron chi connectivity index (χ2n) is 5.85. The highest BCUT2D eigenvalue weighted by atomic mass is 35.5. The highest BCUT2D eigenvalue weighted by Gasteiger charge is 2.27. The maximum atomic E-state index is 12.4. The van der Waals surface area contributed by atoms with E-state index in [4.69, 9.17) is 23.2 Å². The molecule has 0 aromatic heterocycles. The summed E-state index contributed by atoms with van der Waals surface area (Å²) in [4.78, 5) is 26.2. The van der Waals surface area contributed by atoms with Gasteiger partial charge in [0.05, 0.1) is 15.7 Å². The normalized spacial score (nSPS) is 15.5. The number of hydrogen-bond donors (Lipinski definition) is 1. The lowest BCUT2D eigenvalue weighted by Crippen LogP contribution is -2.41. The van der Waals surface area contributed by atoms with E-state index in [9.17, 15) is 9.59 Å². The predicted octanol–water partition coefficient (Wildman–Crippen LogP) is 4.36. The standard InChI is InChI=1S/C17H22Cl2N2O2/c1-2-3-7-15(22)21-10-8-12(9-11-21)17(23)20-14-6-4-5-13(18)16(14)19/h4-6,12H,2-3,7-11H2,1H3,(H,20,23). The van der Waals surface area contributed by atoms with Gasteiger partial charge in [0, 0.05) is 25.4 Å². The van der Waals surface area contributed by atoms with Gasteiger partial charge in [0.15, 0.2) is 0 Å². The quantitative estimate of drug-likeness (QED) is 0.851. The summed E-state index contributed by atoms with van der Waals surface area (Å²) in [7, 11) is 0. The number of unbranched alkanes of at least 4 members (excludes halogenated alkanes) is 1. The van der Waals surface area contributed by atoms with Crippen LogP contribution in [0.1, 0.15) is 39.0 Å². The summed E-state index contributed by atoms with van der Waals surface area (Å²) in [5, 5.41) is 3.61. The summed E-state index contributed by atoms with van der Waals surface area (Å²) in [5.41, 5.74) is 0.533. The molecule has 2 amide bonds. The first-order chi connectivity index (χ1) is 11.0. The van der Waals surface area contributed by atoms with E-state index in [1.807, 2.05) is 4.90 Å². The van der Waals surface area contributed by atoms with Gasteiger partial charge in [0.2, 0.25) is 11.8 Å². The third-order valence-corrected chi connectivity index (χ3v) is 4.99. The van der Waals surface area contributed by atoms with Crippen LogP contribution in [-0.4, -0.2) is 29.8 Å². The molecule has 4 nitrogen and oxygen atoms in total. The first-order valence-corrected chi connectivity index (χ1v) is 8.81. The van der Waals surface area contributed by atoms with Crippen molar-refractivity contribution >= 4 is 40.7 Å². The molecule has 1 fully saturated rings. The van der Waals surface area contributed by atoms with Gasteiger partial charge in [-0.1, -0.05) is 42.6 Å². The zero-order valence-electron chi connectivity index (χ0n) is 13.3. The van der Waals surface area contributed by atoms with Crippen LogP contribution in [-0.2, 0) is 9.59 Å². The fourth-order valence-corrected chi connectivity index (χ4v) is 3.06. The Hall–Kier alpha value is -1.26. The van der Waals surface area contributed by atoms with E-state index in [-0.39, 0.29) is 17.7 Å². The van der Waals surface area contributed by atoms with Crippen LogP contribution in [0.2, 0.25) is 10.0 Å².